The van der Waals surface area contributed by atoms with E-state index in [1.54, 1.807) is 6.20 Å². The van der Waals surface area contributed by atoms with E-state index >= 15 is 0 Å². The maximum absolute atomic E-state index is 11.9. The van der Waals surface area contributed by atoms with E-state index in [9.17, 15) is 9.90 Å². The Morgan fingerprint density at radius 1 is 1.30 bits per heavy atom. The Morgan fingerprint density at radius 2 is 2.13 bits per heavy atom. The first kappa shape index (κ1) is 15.6. The van der Waals surface area contributed by atoms with Gasteiger partial charge in [-0.1, -0.05) is 13.0 Å². The van der Waals surface area contributed by atoms with Crippen molar-refractivity contribution < 1.29 is 5.11 Å². The van der Waals surface area contributed by atoms with Gasteiger partial charge in [0.1, 0.15) is 6.10 Å². The molecular formula is C18H18N2O2S. The number of thiophene rings is 1. The van der Waals surface area contributed by atoms with Gasteiger partial charge in [0, 0.05) is 32.8 Å². The summed E-state index contributed by atoms with van der Waals surface area (Å²) in [4.78, 5) is 20.8. The van der Waals surface area contributed by atoms with Crippen molar-refractivity contribution in [2.24, 2.45) is 0 Å². The van der Waals surface area contributed by atoms with Gasteiger partial charge in [0.25, 0.3) is 5.56 Å². The highest BCUT2D eigenvalue weighted by Crippen LogP contribution is 2.34. The summed E-state index contributed by atoms with van der Waals surface area (Å²) in [6, 6.07) is 11.3. The lowest BCUT2D eigenvalue weighted by molar-refractivity contribution is 0.219. The lowest BCUT2D eigenvalue weighted by atomic mass is 10.1. The molecule has 0 aliphatic rings. The topological polar surface area (TPSA) is 66.0 Å². The normalized spacial score (nSPS) is 12.3. The Labute approximate surface area is 138 Å². The molecule has 0 saturated carbocycles. The van der Waals surface area contributed by atoms with Gasteiger partial charge in [0.2, 0.25) is 0 Å². The number of nitrogens with one attached hydrogen (secondary N) is 1. The van der Waals surface area contributed by atoms with Gasteiger partial charge >= 0.3 is 0 Å². The van der Waals surface area contributed by atoms with Crippen LogP contribution in [0.5, 0.6) is 0 Å². The molecule has 3 heterocycles. The molecule has 1 unspecified atom stereocenters. The van der Waals surface area contributed by atoms with E-state index in [1.807, 2.05) is 50.2 Å². The maximum Gasteiger partial charge on any atom is 0.251 e. The van der Waals surface area contributed by atoms with Crippen LogP contribution in [0.3, 0.4) is 0 Å². The predicted molar refractivity (Wildman–Crippen MR) is 92.8 cm³/mol. The van der Waals surface area contributed by atoms with Crippen molar-refractivity contribution in [2.45, 2.75) is 26.4 Å². The maximum atomic E-state index is 11.9. The van der Waals surface area contributed by atoms with Gasteiger partial charge in [0.05, 0.1) is 5.69 Å². The minimum absolute atomic E-state index is 0.0287. The minimum Gasteiger partial charge on any atom is -0.381 e. The molecule has 5 heteroatoms. The highest BCUT2D eigenvalue weighted by molar-refractivity contribution is 7.15. The van der Waals surface area contributed by atoms with Crippen molar-refractivity contribution in [3.8, 4) is 10.4 Å². The molecule has 118 valence electrons. The molecule has 3 aromatic heterocycles. The van der Waals surface area contributed by atoms with E-state index in [4.69, 9.17) is 0 Å². The monoisotopic (exact) mass is 326 g/mol. The van der Waals surface area contributed by atoms with Crippen molar-refractivity contribution in [1.29, 1.82) is 0 Å². The van der Waals surface area contributed by atoms with E-state index in [0.29, 0.717) is 12.1 Å². The molecule has 23 heavy (non-hydrogen) atoms. The van der Waals surface area contributed by atoms with Crippen molar-refractivity contribution in [3.63, 3.8) is 0 Å². The summed E-state index contributed by atoms with van der Waals surface area (Å²) < 4.78 is 0. The highest BCUT2D eigenvalue weighted by Gasteiger charge is 2.16. The van der Waals surface area contributed by atoms with Gasteiger partial charge in [-0.3, -0.25) is 9.78 Å². The number of hydrogen-bond donors (Lipinski definition) is 2. The van der Waals surface area contributed by atoms with Gasteiger partial charge in [-0.2, -0.15) is 0 Å². The number of aliphatic hydroxyl groups is 1. The van der Waals surface area contributed by atoms with E-state index in [-0.39, 0.29) is 5.56 Å². The van der Waals surface area contributed by atoms with Crippen LogP contribution in [0.25, 0.3) is 10.4 Å². The number of hydrogen-bond acceptors (Lipinski definition) is 4. The average Bonchev–Trinajstić information content (AvgIpc) is 3.05. The summed E-state index contributed by atoms with van der Waals surface area (Å²) in [5, 5.41) is 10.5. The number of aryl methyl sites for hydroxylation is 2. The average molecular weight is 326 g/mol. The van der Waals surface area contributed by atoms with Crippen molar-refractivity contribution >= 4 is 11.3 Å². The molecule has 0 aliphatic carbocycles. The Balaban J connectivity index is 1.98. The highest BCUT2D eigenvalue weighted by atomic mass is 32.1. The fourth-order valence-electron chi connectivity index (χ4n) is 2.51. The number of aliphatic hydroxyl groups excluding tert-OH is 1. The predicted octanol–water partition coefficient (Wildman–Crippen LogP) is 3.45. The molecule has 3 rings (SSSR count). The van der Waals surface area contributed by atoms with Gasteiger partial charge < -0.3 is 10.1 Å². The van der Waals surface area contributed by atoms with Crippen molar-refractivity contribution in [2.75, 3.05) is 0 Å². The van der Waals surface area contributed by atoms with Gasteiger partial charge in [-0.25, -0.2) is 0 Å². The zero-order valence-corrected chi connectivity index (χ0v) is 13.9. The van der Waals surface area contributed by atoms with Crippen LogP contribution in [0, 0.1) is 6.92 Å². The third kappa shape index (κ3) is 3.11. The third-order valence-electron chi connectivity index (χ3n) is 3.83. The SMILES string of the molecule is CCc1cc(-c2ccc(C(O)c3ccccn3)s2)c(C)[nH]c1=O. The molecule has 4 nitrogen and oxygen atoms in total. The van der Waals surface area contributed by atoms with E-state index < -0.39 is 6.10 Å². The van der Waals surface area contributed by atoms with Crippen LogP contribution in [0.1, 0.15) is 34.9 Å². The van der Waals surface area contributed by atoms with Crippen LogP contribution >= 0.6 is 11.3 Å². The molecule has 0 saturated heterocycles. The zero-order valence-electron chi connectivity index (χ0n) is 13.0. The summed E-state index contributed by atoms with van der Waals surface area (Å²) in [5.41, 5.74) is 3.22. The number of H-pyrrole nitrogens is 1. The second-order valence-corrected chi connectivity index (χ2v) is 6.49. The molecule has 0 aliphatic heterocycles. The number of aromatic amines is 1. The molecule has 0 amide bonds. The molecule has 0 fully saturated rings. The first-order chi connectivity index (χ1) is 11.1. The van der Waals surface area contributed by atoms with Gasteiger partial charge in [-0.05, 0) is 43.7 Å². The quantitative estimate of drug-likeness (QED) is 0.772. The molecule has 0 bridgehead atoms. The number of aromatic nitrogens is 2. The Hall–Kier alpha value is -2.24. The largest absolute Gasteiger partial charge is 0.381 e. The second-order valence-electron chi connectivity index (χ2n) is 5.38. The first-order valence-corrected chi connectivity index (χ1v) is 8.33. The van der Waals surface area contributed by atoms with Crippen LogP contribution in [0.4, 0.5) is 0 Å². The minimum atomic E-state index is -0.733. The molecule has 3 aromatic rings. The lowest BCUT2D eigenvalue weighted by Gasteiger charge is -2.08. The summed E-state index contributed by atoms with van der Waals surface area (Å²) in [7, 11) is 0. The van der Waals surface area contributed by atoms with E-state index in [0.717, 1.165) is 26.6 Å². The van der Waals surface area contributed by atoms with Crippen LogP contribution in [0.15, 0.2) is 47.4 Å². The Morgan fingerprint density at radius 3 is 2.83 bits per heavy atom. The summed E-state index contributed by atoms with van der Waals surface area (Å²) in [5.74, 6) is 0. The molecule has 0 aromatic carbocycles. The van der Waals surface area contributed by atoms with Crippen LogP contribution in [-0.4, -0.2) is 15.1 Å². The molecule has 1 atom stereocenters. The summed E-state index contributed by atoms with van der Waals surface area (Å²) in [6.07, 6.45) is 1.63. The number of nitrogens with zero attached hydrogens (tertiary/aromatic N) is 1. The molecule has 2 N–H and O–H groups in total. The van der Waals surface area contributed by atoms with E-state index in [1.165, 1.54) is 11.3 Å². The summed E-state index contributed by atoms with van der Waals surface area (Å²) >= 11 is 1.52. The van der Waals surface area contributed by atoms with Gasteiger partial charge in [-0.15, -0.1) is 11.3 Å². The smallest absolute Gasteiger partial charge is 0.251 e. The molecular weight excluding hydrogens is 308 g/mol. The summed E-state index contributed by atoms with van der Waals surface area (Å²) in [6.45, 7) is 3.86. The number of pyridine rings is 2. The second kappa shape index (κ2) is 6.48. The van der Waals surface area contributed by atoms with E-state index in [2.05, 4.69) is 9.97 Å². The zero-order chi connectivity index (χ0) is 16.4. The molecule has 0 radical (unpaired) electrons. The Bertz CT molecular complexity index is 868. The Kier molecular flexibility index (Phi) is 4.41. The lowest BCUT2D eigenvalue weighted by Crippen LogP contribution is -2.13. The molecule has 0 spiro atoms. The van der Waals surface area contributed by atoms with Crippen LogP contribution in [-0.2, 0) is 6.42 Å². The third-order valence-corrected chi connectivity index (χ3v) is 5.00. The standard InChI is InChI=1S/C18H18N2O2S/c1-3-12-10-13(11(2)20-18(12)22)15-7-8-16(23-15)17(21)14-6-4-5-9-19-14/h4-10,17,21H,3H2,1-2H3,(H,20,22). The number of rotatable bonds is 4. The van der Waals surface area contributed by atoms with Crippen LogP contribution < -0.4 is 5.56 Å². The first-order valence-electron chi connectivity index (χ1n) is 7.52. The van der Waals surface area contributed by atoms with Crippen LogP contribution in [0.2, 0.25) is 0 Å². The van der Waals surface area contributed by atoms with Crippen molar-refractivity contribution in [3.05, 3.63) is 74.8 Å². The fourth-order valence-corrected chi connectivity index (χ4v) is 3.59. The van der Waals surface area contributed by atoms with Gasteiger partial charge in [0.15, 0.2) is 0 Å². The fraction of sp³-hybridized carbons (Fsp3) is 0.222. The van der Waals surface area contributed by atoms with Crippen molar-refractivity contribution in [1.82, 2.24) is 9.97 Å².